The van der Waals surface area contributed by atoms with Gasteiger partial charge in [0.25, 0.3) is 0 Å². The van der Waals surface area contributed by atoms with E-state index < -0.39 is 0 Å². The van der Waals surface area contributed by atoms with Crippen LogP contribution in [0.25, 0.3) is 10.6 Å². The number of halogens is 1. The molecule has 0 spiro atoms. The third-order valence-electron chi connectivity index (χ3n) is 4.04. The smallest absolute Gasteiger partial charge is 0.236 e. The zero-order chi connectivity index (χ0) is 18.5. The monoisotopic (exact) mass is 429 g/mol. The summed E-state index contributed by atoms with van der Waals surface area (Å²) in [6.07, 6.45) is 2.26. The van der Waals surface area contributed by atoms with Crippen molar-refractivity contribution in [2.75, 3.05) is 29.9 Å². The Kier molecular flexibility index (Phi) is 6.97. The van der Waals surface area contributed by atoms with Crippen molar-refractivity contribution in [1.82, 2.24) is 9.88 Å². The zero-order valence-electron chi connectivity index (χ0n) is 14.4. The first-order chi connectivity index (χ1) is 12.5. The molecule has 26 heavy (non-hydrogen) atoms. The summed E-state index contributed by atoms with van der Waals surface area (Å²) in [5.41, 5.74) is 0.809. The third-order valence-corrected chi connectivity index (χ3v) is 6.97. The van der Waals surface area contributed by atoms with E-state index in [2.05, 4.69) is 17.2 Å². The second kappa shape index (κ2) is 9.21. The summed E-state index contributed by atoms with van der Waals surface area (Å²) in [6.45, 7) is 3.84. The lowest BCUT2D eigenvalue weighted by molar-refractivity contribution is -0.130. The molecule has 1 atom stereocenters. The number of piperidine rings is 1. The molecule has 0 aliphatic carbocycles. The van der Waals surface area contributed by atoms with E-state index in [9.17, 15) is 9.59 Å². The Balaban J connectivity index is 1.42. The minimum atomic E-state index is -0.139. The summed E-state index contributed by atoms with van der Waals surface area (Å²) in [6, 6.07) is 3.74. The normalized spacial score (nSPS) is 17.3. The maximum atomic E-state index is 12.2. The van der Waals surface area contributed by atoms with Crippen molar-refractivity contribution in [2.24, 2.45) is 5.92 Å². The number of carbonyl (C=O) groups is 2. The molecule has 1 fully saturated rings. The van der Waals surface area contributed by atoms with E-state index in [0.29, 0.717) is 21.1 Å². The van der Waals surface area contributed by atoms with Crippen molar-refractivity contribution >= 4 is 63.0 Å². The van der Waals surface area contributed by atoms with Gasteiger partial charge in [0.15, 0.2) is 5.13 Å². The quantitative estimate of drug-likeness (QED) is 0.736. The Hall–Kier alpha value is -1.09. The molecule has 5 nitrogen and oxygen atoms in total. The molecule has 3 heterocycles. The zero-order valence-corrected chi connectivity index (χ0v) is 17.6. The molecule has 1 saturated heterocycles. The van der Waals surface area contributed by atoms with Gasteiger partial charge in [-0.2, -0.15) is 0 Å². The fourth-order valence-electron chi connectivity index (χ4n) is 2.79. The maximum absolute atomic E-state index is 12.2. The van der Waals surface area contributed by atoms with Crippen molar-refractivity contribution in [3.63, 3.8) is 0 Å². The van der Waals surface area contributed by atoms with E-state index in [4.69, 9.17) is 11.6 Å². The molecule has 3 rings (SSSR count). The molecule has 2 aromatic rings. The van der Waals surface area contributed by atoms with Crippen LogP contribution in [-0.2, 0) is 9.59 Å². The topological polar surface area (TPSA) is 62.3 Å². The number of thiophene rings is 1. The number of thiazole rings is 1. The van der Waals surface area contributed by atoms with E-state index in [1.165, 1.54) is 40.9 Å². The van der Waals surface area contributed by atoms with E-state index >= 15 is 0 Å². The van der Waals surface area contributed by atoms with Crippen molar-refractivity contribution in [3.05, 3.63) is 21.8 Å². The SMILES string of the molecule is C[C@@H]1CCCN(C(=O)CSCC(=O)Nc2nc(-c3ccc(Cl)s3)cs2)C1. The largest absolute Gasteiger partial charge is 0.342 e. The lowest BCUT2D eigenvalue weighted by Gasteiger charge is -2.30. The van der Waals surface area contributed by atoms with Gasteiger partial charge in [-0.25, -0.2) is 4.98 Å². The Morgan fingerprint density at radius 3 is 3.00 bits per heavy atom. The number of carbonyl (C=O) groups excluding carboxylic acids is 2. The molecular weight excluding hydrogens is 410 g/mol. The molecule has 2 amide bonds. The van der Waals surface area contributed by atoms with Crippen LogP contribution in [-0.4, -0.2) is 46.3 Å². The number of amides is 2. The minimum Gasteiger partial charge on any atom is -0.342 e. The molecule has 2 aromatic heterocycles. The molecule has 0 aromatic carbocycles. The highest BCUT2D eigenvalue weighted by Gasteiger charge is 2.21. The van der Waals surface area contributed by atoms with Gasteiger partial charge in [-0.1, -0.05) is 18.5 Å². The molecule has 0 saturated carbocycles. The fraction of sp³-hybridized carbons (Fsp3) is 0.471. The highest BCUT2D eigenvalue weighted by Crippen LogP contribution is 2.32. The summed E-state index contributed by atoms with van der Waals surface area (Å²) >= 11 is 10.1. The minimum absolute atomic E-state index is 0.125. The van der Waals surface area contributed by atoms with Crippen LogP contribution in [0.1, 0.15) is 19.8 Å². The van der Waals surface area contributed by atoms with Crippen molar-refractivity contribution < 1.29 is 9.59 Å². The van der Waals surface area contributed by atoms with E-state index in [0.717, 1.165) is 30.1 Å². The number of hydrogen-bond acceptors (Lipinski definition) is 6. The summed E-state index contributed by atoms with van der Waals surface area (Å²) in [5.74, 6) is 1.14. The van der Waals surface area contributed by atoms with Gasteiger partial charge in [-0.05, 0) is 30.9 Å². The Bertz CT molecular complexity index is 777. The number of likely N-dealkylation sites (tertiary alicyclic amines) is 1. The van der Waals surface area contributed by atoms with Crippen molar-refractivity contribution in [2.45, 2.75) is 19.8 Å². The third kappa shape index (κ3) is 5.45. The Morgan fingerprint density at radius 2 is 2.27 bits per heavy atom. The number of rotatable bonds is 6. The second-order valence-electron chi connectivity index (χ2n) is 6.27. The average molecular weight is 430 g/mol. The number of thioether (sulfide) groups is 1. The van der Waals surface area contributed by atoms with Crippen LogP contribution in [0.5, 0.6) is 0 Å². The molecule has 0 bridgehead atoms. The van der Waals surface area contributed by atoms with Gasteiger partial charge in [0.05, 0.1) is 26.4 Å². The predicted molar refractivity (Wildman–Crippen MR) is 111 cm³/mol. The molecular formula is C17H20ClN3O2S3. The Morgan fingerprint density at radius 1 is 1.42 bits per heavy atom. The van der Waals surface area contributed by atoms with Gasteiger partial charge in [-0.15, -0.1) is 34.4 Å². The lowest BCUT2D eigenvalue weighted by Crippen LogP contribution is -2.40. The summed E-state index contributed by atoms with van der Waals surface area (Å²) in [4.78, 5) is 31.6. The van der Waals surface area contributed by atoms with E-state index in [-0.39, 0.29) is 17.6 Å². The van der Waals surface area contributed by atoms with Crippen LogP contribution >= 0.6 is 46.0 Å². The summed E-state index contributed by atoms with van der Waals surface area (Å²) in [5, 5.41) is 5.25. The summed E-state index contributed by atoms with van der Waals surface area (Å²) < 4.78 is 0.711. The van der Waals surface area contributed by atoms with Crippen LogP contribution < -0.4 is 5.32 Å². The lowest BCUT2D eigenvalue weighted by atomic mass is 10.0. The number of nitrogens with zero attached hydrogens (tertiary/aromatic N) is 2. The molecule has 0 radical (unpaired) electrons. The molecule has 0 unspecified atom stereocenters. The second-order valence-corrected chi connectivity index (χ2v) is 9.83. The first kappa shape index (κ1) is 19.7. The highest BCUT2D eigenvalue weighted by atomic mass is 35.5. The molecule has 1 aliphatic heterocycles. The number of hydrogen-bond donors (Lipinski definition) is 1. The molecule has 1 aliphatic rings. The molecule has 140 valence electrons. The van der Waals surface area contributed by atoms with Gasteiger partial charge in [0.2, 0.25) is 11.8 Å². The predicted octanol–water partition coefficient (Wildman–Crippen LogP) is 4.46. The first-order valence-corrected chi connectivity index (χ1v) is 11.6. The van der Waals surface area contributed by atoms with Gasteiger partial charge < -0.3 is 10.2 Å². The molecule has 1 N–H and O–H groups in total. The number of aromatic nitrogens is 1. The van der Waals surface area contributed by atoms with E-state index in [1.54, 1.807) is 0 Å². The maximum Gasteiger partial charge on any atom is 0.236 e. The van der Waals surface area contributed by atoms with Crippen molar-refractivity contribution in [3.8, 4) is 10.6 Å². The average Bonchev–Trinajstić information content (AvgIpc) is 3.23. The van der Waals surface area contributed by atoms with Crippen LogP contribution in [0, 0.1) is 5.92 Å². The Labute approximate surface area is 170 Å². The standard InChI is InChI=1S/C17H20ClN3O2S3/c1-11-3-2-6-21(7-11)16(23)10-24-9-15(22)20-17-19-12(8-25-17)13-4-5-14(18)26-13/h4-5,8,11H,2-3,6-7,9-10H2,1H3,(H,19,20,22)/t11-/m1/s1. The fourth-order valence-corrected chi connectivity index (χ4v) is 5.31. The number of nitrogens with one attached hydrogen (secondary N) is 1. The van der Waals surface area contributed by atoms with Gasteiger partial charge in [0.1, 0.15) is 0 Å². The van der Waals surface area contributed by atoms with Crippen LogP contribution in [0.4, 0.5) is 5.13 Å². The van der Waals surface area contributed by atoms with Gasteiger partial charge in [0, 0.05) is 18.5 Å². The molecule has 9 heteroatoms. The highest BCUT2D eigenvalue weighted by molar-refractivity contribution is 8.00. The van der Waals surface area contributed by atoms with E-state index in [1.807, 2.05) is 22.4 Å². The summed E-state index contributed by atoms with van der Waals surface area (Å²) in [7, 11) is 0. The van der Waals surface area contributed by atoms with Crippen LogP contribution in [0.2, 0.25) is 4.34 Å². The van der Waals surface area contributed by atoms with Gasteiger partial charge in [-0.3, -0.25) is 9.59 Å². The van der Waals surface area contributed by atoms with Crippen molar-refractivity contribution in [1.29, 1.82) is 0 Å². The van der Waals surface area contributed by atoms with Crippen LogP contribution in [0.15, 0.2) is 17.5 Å². The van der Waals surface area contributed by atoms with Gasteiger partial charge >= 0.3 is 0 Å². The van der Waals surface area contributed by atoms with Crippen LogP contribution in [0.3, 0.4) is 0 Å². The number of anilines is 1. The first-order valence-electron chi connectivity index (χ1n) is 8.38.